The molecule has 15 heavy (non-hydrogen) atoms. The van der Waals surface area contributed by atoms with E-state index >= 15 is 0 Å². The highest BCUT2D eigenvalue weighted by Crippen LogP contribution is 2.29. The minimum absolute atomic E-state index is 0.107. The summed E-state index contributed by atoms with van der Waals surface area (Å²) < 4.78 is 28.9. The molecule has 1 aliphatic heterocycles. The van der Waals surface area contributed by atoms with Gasteiger partial charge in [-0.05, 0) is 12.0 Å². The average Bonchev–Trinajstić information content (AvgIpc) is 2.23. The van der Waals surface area contributed by atoms with Crippen LogP contribution in [-0.2, 0) is 14.5 Å². The van der Waals surface area contributed by atoms with Crippen LogP contribution in [0.15, 0.2) is 30.3 Å². The SMILES string of the molecule is CN1[C@@H](c2ccccc2)CCOS1(=O)=O. The summed E-state index contributed by atoms with van der Waals surface area (Å²) in [6, 6.07) is 9.49. The molecule has 1 atom stereocenters. The molecule has 0 saturated carbocycles. The van der Waals surface area contributed by atoms with Gasteiger partial charge in [-0.25, -0.2) is 0 Å². The van der Waals surface area contributed by atoms with Crippen LogP contribution in [0.1, 0.15) is 18.0 Å². The topological polar surface area (TPSA) is 46.6 Å². The molecule has 1 aromatic carbocycles. The number of benzene rings is 1. The Morgan fingerprint density at radius 2 is 2.00 bits per heavy atom. The third-order valence-corrected chi connectivity index (χ3v) is 4.02. The van der Waals surface area contributed by atoms with Crippen molar-refractivity contribution in [3.8, 4) is 0 Å². The van der Waals surface area contributed by atoms with Crippen molar-refractivity contribution in [3.63, 3.8) is 0 Å². The fourth-order valence-electron chi connectivity index (χ4n) is 1.74. The first-order valence-electron chi connectivity index (χ1n) is 4.78. The second-order valence-electron chi connectivity index (χ2n) is 3.51. The van der Waals surface area contributed by atoms with Gasteiger partial charge < -0.3 is 0 Å². The molecule has 1 aromatic rings. The van der Waals surface area contributed by atoms with Gasteiger partial charge in [0.2, 0.25) is 0 Å². The summed E-state index contributed by atoms with van der Waals surface area (Å²) >= 11 is 0. The summed E-state index contributed by atoms with van der Waals surface area (Å²) in [4.78, 5) is 0. The predicted octanol–water partition coefficient (Wildman–Crippen LogP) is 1.32. The first kappa shape index (κ1) is 10.6. The summed E-state index contributed by atoms with van der Waals surface area (Å²) in [5.41, 5.74) is 1.01. The first-order chi connectivity index (χ1) is 7.11. The molecule has 1 heterocycles. The summed E-state index contributed by atoms with van der Waals surface area (Å²) in [7, 11) is -1.98. The van der Waals surface area contributed by atoms with E-state index in [4.69, 9.17) is 4.18 Å². The number of rotatable bonds is 1. The van der Waals surface area contributed by atoms with Crippen molar-refractivity contribution >= 4 is 10.3 Å². The monoisotopic (exact) mass is 227 g/mol. The largest absolute Gasteiger partial charge is 0.338 e. The van der Waals surface area contributed by atoms with Gasteiger partial charge in [-0.15, -0.1) is 0 Å². The van der Waals surface area contributed by atoms with Crippen LogP contribution in [0.5, 0.6) is 0 Å². The Kier molecular flexibility index (Phi) is 2.77. The zero-order valence-corrected chi connectivity index (χ0v) is 9.28. The Morgan fingerprint density at radius 3 is 2.67 bits per heavy atom. The van der Waals surface area contributed by atoms with Crippen LogP contribution in [0.2, 0.25) is 0 Å². The lowest BCUT2D eigenvalue weighted by Crippen LogP contribution is -2.37. The van der Waals surface area contributed by atoms with Gasteiger partial charge in [-0.3, -0.25) is 4.18 Å². The van der Waals surface area contributed by atoms with Crippen molar-refractivity contribution in [3.05, 3.63) is 35.9 Å². The molecule has 2 rings (SSSR count). The minimum atomic E-state index is -3.53. The molecule has 0 N–H and O–H groups in total. The standard InChI is InChI=1S/C10H13NO3S/c1-11-10(7-8-14-15(11,12)13)9-5-3-2-4-6-9/h2-6,10H,7-8H2,1H3/t10-/m1/s1. The lowest BCUT2D eigenvalue weighted by atomic mass is 10.0. The summed E-state index contributed by atoms with van der Waals surface area (Å²) in [6.45, 7) is 0.256. The third-order valence-electron chi connectivity index (χ3n) is 2.60. The van der Waals surface area contributed by atoms with Crippen molar-refractivity contribution in [2.24, 2.45) is 0 Å². The molecule has 0 bridgehead atoms. The molecule has 0 spiro atoms. The summed E-state index contributed by atoms with van der Waals surface area (Å²) in [5.74, 6) is 0. The minimum Gasteiger partial charge on any atom is -0.258 e. The van der Waals surface area contributed by atoms with Crippen molar-refractivity contribution in [1.82, 2.24) is 4.31 Å². The van der Waals surface area contributed by atoms with Crippen molar-refractivity contribution in [2.75, 3.05) is 13.7 Å². The molecule has 82 valence electrons. The third kappa shape index (κ3) is 2.04. The Morgan fingerprint density at radius 1 is 1.33 bits per heavy atom. The molecule has 1 aliphatic rings. The lowest BCUT2D eigenvalue weighted by Gasteiger charge is -2.31. The number of hydrogen-bond donors (Lipinski definition) is 0. The van der Waals surface area contributed by atoms with E-state index in [0.29, 0.717) is 6.42 Å². The molecular weight excluding hydrogens is 214 g/mol. The molecule has 5 heteroatoms. The molecule has 1 saturated heterocycles. The van der Waals surface area contributed by atoms with E-state index in [9.17, 15) is 8.42 Å². The van der Waals surface area contributed by atoms with Gasteiger partial charge in [-0.1, -0.05) is 30.3 Å². The van der Waals surface area contributed by atoms with Crippen LogP contribution in [0.3, 0.4) is 0 Å². The molecule has 1 fully saturated rings. The van der Waals surface area contributed by atoms with Crippen molar-refractivity contribution in [2.45, 2.75) is 12.5 Å². The quantitative estimate of drug-likeness (QED) is 0.727. The van der Waals surface area contributed by atoms with Gasteiger partial charge in [0.05, 0.1) is 12.6 Å². The van der Waals surface area contributed by atoms with E-state index < -0.39 is 10.3 Å². The van der Waals surface area contributed by atoms with E-state index in [1.165, 1.54) is 4.31 Å². The second kappa shape index (κ2) is 3.92. The van der Waals surface area contributed by atoms with Gasteiger partial charge in [0, 0.05) is 7.05 Å². The second-order valence-corrected chi connectivity index (χ2v) is 5.18. The summed E-state index contributed by atoms with van der Waals surface area (Å²) in [6.07, 6.45) is 0.694. The Hall–Kier alpha value is -0.910. The maximum atomic E-state index is 11.5. The Bertz CT molecular complexity index is 429. The number of nitrogens with zero attached hydrogens (tertiary/aromatic N) is 1. The predicted molar refractivity (Wildman–Crippen MR) is 56.4 cm³/mol. The molecule has 0 aliphatic carbocycles. The lowest BCUT2D eigenvalue weighted by molar-refractivity contribution is 0.184. The van der Waals surface area contributed by atoms with Crippen LogP contribution < -0.4 is 0 Å². The van der Waals surface area contributed by atoms with E-state index in [-0.39, 0.29) is 12.6 Å². The zero-order valence-electron chi connectivity index (χ0n) is 8.46. The molecular formula is C10H13NO3S. The smallest absolute Gasteiger partial charge is 0.258 e. The zero-order chi connectivity index (χ0) is 10.9. The van der Waals surface area contributed by atoms with Gasteiger partial charge in [0.1, 0.15) is 0 Å². The van der Waals surface area contributed by atoms with Gasteiger partial charge >= 0.3 is 10.3 Å². The first-order valence-corrected chi connectivity index (χ1v) is 6.15. The van der Waals surface area contributed by atoms with Crippen LogP contribution >= 0.6 is 0 Å². The summed E-state index contributed by atoms with van der Waals surface area (Å²) in [5, 5.41) is 0. The fraction of sp³-hybridized carbons (Fsp3) is 0.400. The maximum absolute atomic E-state index is 11.5. The van der Waals surface area contributed by atoms with Crippen LogP contribution in [0, 0.1) is 0 Å². The maximum Gasteiger partial charge on any atom is 0.338 e. The fourth-order valence-corrected chi connectivity index (χ4v) is 2.75. The highest BCUT2D eigenvalue weighted by molar-refractivity contribution is 7.84. The van der Waals surface area contributed by atoms with Gasteiger partial charge in [0.25, 0.3) is 0 Å². The van der Waals surface area contributed by atoms with Gasteiger partial charge in [0.15, 0.2) is 0 Å². The van der Waals surface area contributed by atoms with Crippen LogP contribution in [0.4, 0.5) is 0 Å². The van der Waals surface area contributed by atoms with Crippen LogP contribution in [-0.4, -0.2) is 26.4 Å². The van der Waals surface area contributed by atoms with Crippen molar-refractivity contribution in [1.29, 1.82) is 0 Å². The molecule has 0 amide bonds. The normalized spacial score (nSPS) is 26.3. The highest BCUT2D eigenvalue weighted by Gasteiger charge is 2.32. The number of hydrogen-bond acceptors (Lipinski definition) is 3. The van der Waals surface area contributed by atoms with Crippen LogP contribution in [0.25, 0.3) is 0 Å². The molecule has 0 radical (unpaired) electrons. The van der Waals surface area contributed by atoms with Gasteiger partial charge in [-0.2, -0.15) is 12.7 Å². The molecule has 0 aromatic heterocycles. The van der Waals surface area contributed by atoms with E-state index in [1.54, 1.807) is 7.05 Å². The highest BCUT2D eigenvalue weighted by atomic mass is 32.2. The molecule has 4 nitrogen and oxygen atoms in total. The van der Waals surface area contributed by atoms with E-state index in [1.807, 2.05) is 30.3 Å². The Balaban J connectivity index is 2.31. The van der Waals surface area contributed by atoms with E-state index in [0.717, 1.165) is 5.56 Å². The average molecular weight is 227 g/mol. The van der Waals surface area contributed by atoms with Crippen molar-refractivity contribution < 1.29 is 12.6 Å². The van der Waals surface area contributed by atoms with E-state index in [2.05, 4.69) is 0 Å². The molecule has 0 unspecified atom stereocenters. The Labute approximate surface area is 89.7 Å².